The summed E-state index contributed by atoms with van der Waals surface area (Å²) in [6.45, 7) is 0.490. The zero-order valence-electron chi connectivity index (χ0n) is 25.3. The van der Waals surface area contributed by atoms with Crippen LogP contribution in [0.5, 0.6) is 0 Å². The summed E-state index contributed by atoms with van der Waals surface area (Å²) in [5, 5.41) is 11.7. The van der Waals surface area contributed by atoms with E-state index in [1.807, 2.05) is 24.3 Å². The van der Waals surface area contributed by atoms with Crippen LogP contribution < -0.4 is 21.3 Å². The second-order valence-electron chi connectivity index (χ2n) is 13.1. The Morgan fingerprint density at radius 2 is 1.70 bits per heavy atom. The van der Waals surface area contributed by atoms with Gasteiger partial charge >= 0.3 is 6.09 Å². The Kier molecular flexibility index (Phi) is 11.2. The first kappa shape index (κ1) is 32.3. The molecule has 1 aromatic rings. The van der Waals surface area contributed by atoms with Crippen molar-refractivity contribution in [3.05, 3.63) is 34.9 Å². The lowest BCUT2D eigenvalue weighted by molar-refractivity contribution is -0.141. The minimum atomic E-state index is -1.17. The molecule has 4 amide bonds. The molecule has 11 heteroatoms. The molecule has 3 saturated carbocycles. The molecule has 0 radical (unpaired) electrons. The molecule has 5 rings (SSSR count). The number of ether oxygens (including phenoxy) is 1. The Bertz CT molecular complexity index is 1220. The second-order valence-corrected chi connectivity index (χ2v) is 13.5. The number of nitrogens with one attached hydrogen (secondary N) is 4. The first-order chi connectivity index (χ1) is 21.2. The van der Waals surface area contributed by atoms with Crippen molar-refractivity contribution in [1.82, 2.24) is 21.3 Å². The van der Waals surface area contributed by atoms with E-state index in [4.69, 9.17) is 16.3 Å². The maximum Gasteiger partial charge on any atom is 0.408 e. The zero-order valence-corrected chi connectivity index (χ0v) is 26.0. The highest BCUT2D eigenvalue weighted by Gasteiger charge is 2.38. The third-order valence-corrected chi connectivity index (χ3v) is 9.82. The van der Waals surface area contributed by atoms with Crippen LogP contribution in [0.4, 0.5) is 4.79 Å². The molecule has 0 aromatic heterocycles. The monoisotopic (exact) mass is 628 g/mol. The van der Waals surface area contributed by atoms with Gasteiger partial charge in [0, 0.05) is 29.4 Å². The molecule has 1 saturated heterocycles. The highest BCUT2D eigenvalue weighted by Crippen LogP contribution is 2.32. The Balaban J connectivity index is 1.25. The second kappa shape index (κ2) is 15.2. The van der Waals surface area contributed by atoms with Crippen molar-refractivity contribution in [2.24, 2.45) is 17.8 Å². The number of rotatable bonds is 13. The fraction of sp³-hybridized carbons (Fsp3) is 0.667. The molecule has 4 N–H and O–H groups in total. The summed E-state index contributed by atoms with van der Waals surface area (Å²) >= 11 is 6.17. The summed E-state index contributed by atoms with van der Waals surface area (Å²) in [5.74, 6) is -2.33. The molecule has 4 fully saturated rings. The Morgan fingerprint density at radius 1 is 0.909 bits per heavy atom. The molecule has 10 nitrogen and oxygen atoms in total. The van der Waals surface area contributed by atoms with Crippen LogP contribution in [0.1, 0.15) is 89.0 Å². The number of halogens is 1. The molecule has 1 aromatic carbocycles. The van der Waals surface area contributed by atoms with Crippen LogP contribution in [-0.2, 0) is 30.3 Å². The number of amides is 4. The van der Waals surface area contributed by atoms with Crippen molar-refractivity contribution in [3.63, 3.8) is 0 Å². The van der Waals surface area contributed by atoms with Gasteiger partial charge in [-0.2, -0.15) is 0 Å². The van der Waals surface area contributed by atoms with Gasteiger partial charge in [-0.15, -0.1) is 0 Å². The number of alkyl carbamates (subject to hydrolysis) is 1. The highest BCUT2D eigenvalue weighted by atomic mass is 35.5. The van der Waals surface area contributed by atoms with Gasteiger partial charge < -0.3 is 26.0 Å². The van der Waals surface area contributed by atoms with E-state index in [0.717, 1.165) is 76.2 Å². The van der Waals surface area contributed by atoms with Crippen molar-refractivity contribution < 1.29 is 28.7 Å². The number of ketones is 1. The van der Waals surface area contributed by atoms with Gasteiger partial charge in [0.1, 0.15) is 12.1 Å². The molecule has 1 heterocycles. The highest BCUT2D eigenvalue weighted by molar-refractivity contribution is 6.38. The molecular formula is C33H45ClN4O6. The maximum absolute atomic E-state index is 13.8. The quantitative estimate of drug-likeness (QED) is 0.244. The van der Waals surface area contributed by atoms with E-state index in [1.165, 1.54) is 0 Å². The van der Waals surface area contributed by atoms with E-state index in [1.54, 1.807) is 0 Å². The topological polar surface area (TPSA) is 143 Å². The van der Waals surface area contributed by atoms with Crippen LogP contribution in [0.3, 0.4) is 0 Å². The van der Waals surface area contributed by atoms with Gasteiger partial charge in [-0.25, -0.2) is 4.79 Å². The van der Waals surface area contributed by atoms with E-state index in [-0.39, 0.29) is 36.3 Å². The summed E-state index contributed by atoms with van der Waals surface area (Å²) < 4.78 is 5.91. The van der Waals surface area contributed by atoms with Crippen LogP contribution in [-0.4, -0.2) is 60.4 Å². The fourth-order valence-corrected chi connectivity index (χ4v) is 7.17. The summed E-state index contributed by atoms with van der Waals surface area (Å²) in [5.41, 5.74) is 1.09. The van der Waals surface area contributed by atoms with E-state index in [2.05, 4.69) is 21.3 Å². The first-order valence-corrected chi connectivity index (χ1v) is 16.8. The molecule has 0 bridgehead atoms. The van der Waals surface area contributed by atoms with Crippen molar-refractivity contribution in [2.45, 2.75) is 114 Å². The zero-order chi connectivity index (χ0) is 31.1. The maximum atomic E-state index is 13.8. The van der Waals surface area contributed by atoms with Crippen molar-refractivity contribution in [1.29, 1.82) is 0 Å². The van der Waals surface area contributed by atoms with Gasteiger partial charge in [0.15, 0.2) is 0 Å². The first-order valence-electron chi connectivity index (χ1n) is 16.4. The Labute approximate surface area is 264 Å². The molecule has 5 atom stereocenters. The molecular weight excluding hydrogens is 584 g/mol. The van der Waals surface area contributed by atoms with E-state index < -0.39 is 41.7 Å². The summed E-state index contributed by atoms with van der Waals surface area (Å²) in [6, 6.07) is 5.57. The van der Waals surface area contributed by atoms with Crippen LogP contribution in [0.25, 0.3) is 0 Å². The number of carbonyl (C=O) groups excluding carboxylic acids is 5. The molecule has 1 aliphatic heterocycles. The van der Waals surface area contributed by atoms with Gasteiger partial charge in [0.25, 0.3) is 5.91 Å². The predicted octanol–water partition coefficient (Wildman–Crippen LogP) is 3.98. The minimum absolute atomic E-state index is 0.0219. The van der Waals surface area contributed by atoms with E-state index >= 15 is 0 Å². The fourth-order valence-electron chi connectivity index (χ4n) is 6.96. The summed E-state index contributed by atoms with van der Waals surface area (Å²) in [4.78, 5) is 65.3. The van der Waals surface area contributed by atoms with Crippen LogP contribution in [0, 0.1) is 17.8 Å². The summed E-state index contributed by atoms with van der Waals surface area (Å²) in [7, 11) is 0. The predicted molar refractivity (Wildman–Crippen MR) is 165 cm³/mol. The van der Waals surface area contributed by atoms with Crippen LogP contribution in [0.15, 0.2) is 24.3 Å². The average Bonchev–Trinajstić information content (AvgIpc) is 3.57. The standard InChI is InChI=1S/C33H45ClN4O6/c34-24-10-4-8-21(17-24)16-22-9-5-11-28(22)44-33(43)38-27(18-20-6-2-1-3-7-20)31(41)37-26(19-23-14-15-35-30(23)40)29(39)32(42)36-25-12-13-25/h4,8,10,17,20,22-23,25-28H,1-3,5-7,9,11-16,18-19H2,(H,35,40)(H,36,42)(H,37,41)(H,38,43)/t22-,23+,26+,27+,28+/m1/s1. The third kappa shape index (κ3) is 9.19. The largest absolute Gasteiger partial charge is 0.446 e. The Morgan fingerprint density at radius 3 is 2.41 bits per heavy atom. The van der Waals surface area contributed by atoms with Gasteiger partial charge in [0.05, 0.1) is 6.04 Å². The molecule has 44 heavy (non-hydrogen) atoms. The molecule has 3 aliphatic carbocycles. The summed E-state index contributed by atoms with van der Waals surface area (Å²) in [6.07, 6.45) is 10.2. The smallest absolute Gasteiger partial charge is 0.408 e. The lowest BCUT2D eigenvalue weighted by atomic mass is 9.84. The van der Waals surface area contributed by atoms with Crippen LogP contribution in [0.2, 0.25) is 5.02 Å². The van der Waals surface area contributed by atoms with Crippen molar-refractivity contribution in [3.8, 4) is 0 Å². The molecule has 4 aliphatic rings. The van der Waals surface area contributed by atoms with Gasteiger partial charge in [-0.3, -0.25) is 19.2 Å². The lowest BCUT2D eigenvalue weighted by Gasteiger charge is -2.29. The number of hydrogen-bond acceptors (Lipinski definition) is 6. The van der Waals surface area contributed by atoms with E-state index in [0.29, 0.717) is 24.4 Å². The number of hydrogen-bond donors (Lipinski definition) is 4. The lowest BCUT2D eigenvalue weighted by Crippen LogP contribution is -2.55. The number of carbonyl (C=O) groups is 5. The van der Waals surface area contributed by atoms with Crippen LogP contribution >= 0.6 is 11.6 Å². The normalized spacial score (nSPS) is 25.0. The van der Waals surface area contributed by atoms with Gasteiger partial charge in [-0.1, -0.05) is 55.8 Å². The van der Waals surface area contributed by atoms with Gasteiger partial charge in [-0.05, 0) is 81.4 Å². The third-order valence-electron chi connectivity index (χ3n) is 9.59. The van der Waals surface area contributed by atoms with Crippen molar-refractivity contribution >= 4 is 41.2 Å². The minimum Gasteiger partial charge on any atom is -0.446 e. The molecule has 240 valence electrons. The number of benzene rings is 1. The average molecular weight is 629 g/mol. The molecule has 0 unspecified atom stereocenters. The molecule has 0 spiro atoms. The van der Waals surface area contributed by atoms with Gasteiger partial charge in [0.2, 0.25) is 17.6 Å². The Hall–Kier alpha value is -3.14. The number of Topliss-reactive ketones (excluding diaryl/α,β-unsaturated/α-hetero) is 1. The van der Waals surface area contributed by atoms with Crippen molar-refractivity contribution in [2.75, 3.05) is 6.54 Å². The van der Waals surface area contributed by atoms with E-state index in [9.17, 15) is 24.0 Å². The SMILES string of the molecule is O=C(N[C@@H](CC1CCCCC1)C(=O)N[C@@H](C[C@@H]1CCNC1=O)C(=O)C(=O)NC1CC1)O[C@H]1CCC[C@@H]1Cc1cccc(Cl)c1.